The molecule has 144 valence electrons. The average Bonchev–Trinajstić information content (AvgIpc) is 3.12. The standard InChI is InChI=1S/C22H33NO3/c1-12-15-4-5-17-19-16(7-9-22(15,17)20(25)26-12)21(2)8-6-14(23-3)10-13(21)11-18(19)24/h11-12,14-19,23-24H,4-10H2,1-3H3/t12-,14-,15+,16-,17-,18+,19+,21-,22-/m0/s1. The zero-order chi connectivity index (χ0) is 18.3. The van der Waals surface area contributed by atoms with E-state index >= 15 is 0 Å². The van der Waals surface area contributed by atoms with Crippen LogP contribution in [0.4, 0.5) is 0 Å². The minimum Gasteiger partial charge on any atom is -0.462 e. The number of aliphatic hydroxyl groups excluding tert-OH is 1. The number of fused-ring (bicyclic) bond motifs is 4. The van der Waals surface area contributed by atoms with Gasteiger partial charge in [0.1, 0.15) is 6.10 Å². The van der Waals surface area contributed by atoms with Gasteiger partial charge in [-0.2, -0.15) is 0 Å². The van der Waals surface area contributed by atoms with E-state index in [0.717, 1.165) is 32.1 Å². The Labute approximate surface area is 156 Å². The number of hydrogen-bond acceptors (Lipinski definition) is 4. The third kappa shape index (κ3) is 1.95. The van der Waals surface area contributed by atoms with Gasteiger partial charge >= 0.3 is 5.97 Å². The van der Waals surface area contributed by atoms with E-state index in [1.807, 2.05) is 7.05 Å². The Balaban J connectivity index is 1.54. The maximum atomic E-state index is 12.9. The maximum Gasteiger partial charge on any atom is 0.313 e. The van der Waals surface area contributed by atoms with E-state index in [2.05, 4.69) is 25.2 Å². The van der Waals surface area contributed by atoms with Crippen LogP contribution in [-0.4, -0.2) is 36.4 Å². The molecular formula is C22H33NO3. The van der Waals surface area contributed by atoms with E-state index in [4.69, 9.17) is 4.74 Å². The molecule has 0 aromatic rings. The lowest BCUT2D eigenvalue weighted by atomic mass is 9.46. The van der Waals surface area contributed by atoms with Crippen LogP contribution in [0, 0.1) is 34.5 Å². The average molecular weight is 360 g/mol. The van der Waals surface area contributed by atoms with Crippen LogP contribution in [0.25, 0.3) is 0 Å². The van der Waals surface area contributed by atoms with Crippen molar-refractivity contribution in [1.29, 1.82) is 0 Å². The van der Waals surface area contributed by atoms with Gasteiger partial charge in [0, 0.05) is 12.0 Å². The molecule has 1 aliphatic heterocycles. The van der Waals surface area contributed by atoms with Gasteiger partial charge in [-0.25, -0.2) is 0 Å². The van der Waals surface area contributed by atoms with Crippen molar-refractivity contribution in [2.45, 2.75) is 77.0 Å². The molecule has 5 rings (SSSR count). The molecule has 0 radical (unpaired) electrons. The third-order valence-electron chi connectivity index (χ3n) is 9.35. The van der Waals surface area contributed by atoms with Crippen LogP contribution in [0.3, 0.4) is 0 Å². The highest BCUT2D eigenvalue weighted by atomic mass is 16.6. The molecule has 0 bridgehead atoms. The first-order valence-corrected chi connectivity index (χ1v) is 10.7. The fourth-order valence-electron chi connectivity index (χ4n) is 8.04. The first kappa shape index (κ1) is 17.2. The smallest absolute Gasteiger partial charge is 0.313 e. The van der Waals surface area contributed by atoms with Crippen molar-refractivity contribution in [1.82, 2.24) is 5.32 Å². The molecular weight excluding hydrogens is 326 g/mol. The van der Waals surface area contributed by atoms with E-state index in [-0.39, 0.29) is 28.8 Å². The quantitative estimate of drug-likeness (QED) is 0.558. The molecule has 4 fully saturated rings. The molecule has 4 nitrogen and oxygen atoms in total. The molecule has 1 spiro atoms. The number of carbonyl (C=O) groups is 1. The predicted octanol–water partition coefficient (Wildman–Crippen LogP) is 3.05. The summed E-state index contributed by atoms with van der Waals surface area (Å²) in [4.78, 5) is 12.9. The van der Waals surface area contributed by atoms with E-state index in [9.17, 15) is 9.90 Å². The largest absolute Gasteiger partial charge is 0.462 e. The normalized spacial score (nSPS) is 55.3. The third-order valence-corrected chi connectivity index (χ3v) is 9.35. The number of carbonyl (C=O) groups excluding carboxylic acids is 1. The van der Waals surface area contributed by atoms with Gasteiger partial charge in [-0.1, -0.05) is 18.6 Å². The lowest BCUT2D eigenvalue weighted by Gasteiger charge is -2.58. The number of esters is 1. The monoisotopic (exact) mass is 359 g/mol. The SMILES string of the molecule is CN[C@H]1CC[C@@]2(C)C(=C[C@@H](O)[C@H]3[C@@H]4CC[C@@H]5[C@H](C)OC(=O)[C@@]54CC[C@@H]32)C1. The maximum absolute atomic E-state index is 12.9. The number of cyclic esters (lactones) is 1. The fourth-order valence-corrected chi connectivity index (χ4v) is 8.04. The van der Waals surface area contributed by atoms with E-state index in [1.165, 1.54) is 18.4 Å². The van der Waals surface area contributed by atoms with Crippen molar-refractivity contribution in [2.24, 2.45) is 34.5 Å². The van der Waals surface area contributed by atoms with Crippen molar-refractivity contribution >= 4 is 5.97 Å². The number of aliphatic hydroxyl groups is 1. The fraction of sp³-hybridized carbons (Fsp3) is 0.864. The molecule has 3 saturated carbocycles. The second kappa shape index (κ2) is 5.57. The molecule has 26 heavy (non-hydrogen) atoms. The molecule has 1 heterocycles. The molecule has 5 aliphatic rings. The highest BCUT2D eigenvalue weighted by Gasteiger charge is 2.69. The minimum atomic E-state index is -0.400. The first-order valence-electron chi connectivity index (χ1n) is 10.7. The number of hydrogen-bond donors (Lipinski definition) is 2. The van der Waals surface area contributed by atoms with E-state index in [1.54, 1.807) is 0 Å². The van der Waals surface area contributed by atoms with Crippen LogP contribution in [0.2, 0.25) is 0 Å². The molecule has 0 aromatic carbocycles. The molecule has 0 unspecified atom stereocenters. The van der Waals surface area contributed by atoms with Gasteiger partial charge < -0.3 is 15.2 Å². The summed E-state index contributed by atoms with van der Waals surface area (Å²) in [7, 11) is 2.05. The van der Waals surface area contributed by atoms with Crippen molar-refractivity contribution in [3.63, 3.8) is 0 Å². The van der Waals surface area contributed by atoms with Crippen LogP contribution < -0.4 is 5.32 Å². The summed E-state index contributed by atoms with van der Waals surface area (Å²) in [5.41, 5.74) is 1.36. The molecule has 0 amide bonds. The molecule has 9 atom stereocenters. The first-order chi connectivity index (χ1) is 12.4. The Bertz CT molecular complexity index is 660. The van der Waals surface area contributed by atoms with Gasteiger partial charge in [-0.3, -0.25) is 4.79 Å². The van der Waals surface area contributed by atoms with Gasteiger partial charge in [0.15, 0.2) is 0 Å². The summed E-state index contributed by atoms with van der Waals surface area (Å²) in [5.74, 6) is 1.45. The van der Waals surface area contributed by atoms with Crippen LogP contribution in [0.15, 0.2) is 11.6 Å². The van der Waals surface area contributed by atoms with E-state index < -0.39 is 6.10 Å². The molecule has 4 aliphatic carbocycles. The zero-order valence-electron chi connectivity index (χ0n) is 16.3. The molecule has 4 heteroatoms. The van der Waals surface area contributed by atoms with Gasteiger partial charge in [0.2, 0.25) is 0 Å². The summed E-state index contributed by atoms with van der Waals surface area (Å²) in [6.45, 7) is 4.51. The van der Waals surface area contributed by atoms with E-state index in [0.29, 0.717) is 23.8 Å². The zero-order valence-corrected chi connectivity index (χ0v) is 16.3. The van der Waals surface area contributed by atoms with Crippen LogP contribution in [-0.2, 0) is 9.53 Å². The second-order valence-corrected chi connectivity index (χ2v) is 9.99. The summed E-state index contributed by atoms with van der Waals surface area (Å²) in [5, 5.41) is 14.6. The van der Waals surface area contributed by atoms with Gasteiger partial charge in [0.05, 0.1) is 11.5 Å². The summed E-state index contributed by atoms with van der Waals surface area (Å²) < 4.78 is 5.72. The highest BCUT2D eigenvalue weighted by molar-refractivity contribution is 5.81. The number of rotatable bonds is 1. The van der Waals surface area contributed by atoms with Gasteiger partial charge in [0.25, 0.3) is 0 Å². The summed E-state index contributed by atoms with van der Waals surface area (Å²) in [6, 6.07) is 0.537. The Morgan fingerprint density at radius 3 is 2.69 bits per heavy atom. The summed E-state index contributed by atoms with van der Waals surface area (Å²) >= 11 is 0. The van der Waals surface area contributed by atoms with Crippen LogP contribution >= 0.6 is 0 Å². The van der Waals surface area contributed by atoms with Crippen LogP contribution in [0.1, 0.15) is 58.8 Å². The van der Waals surface area contributed by atoms with Crippen molar-refractivity contribution < 1.29 is 14.6 Å². The summed E-state index contributed by atoms with van der Waals surface area (Å²) in [6.07, 6.45) is 9.51. The number of ether oxygens (including phenoxy) is 1. The van der Waals surface area contributed by atoms with Crippen molar-refractivity contribution in [3.8, 4) is 0 Å². The Morgan fingerprint density at radius 2 is 1.92 bits per heavy atom. The van der Waals surface area contributed by atoms with Gasteiger partial charge in [-0.05, 0) is 82.1 Å². The van der Waals surface area contributed by atoms with Crippen molar-refractivity contribution in [3.05, 3.63) is 11.6 Å². The predicted molar refractivity (Wildman–Crippen MR) is 99.3 cm³/mol. The Morgan fingerprint density at radius 1 is 1.15 bits per heavy atom. The number of nitrogens with one attached hydrogen (secondary N) is 1. The lowest BCUT2D eigenvalue weighted by molar-refractivity contribution is -0.159. The lowest BCUT2D eigenvalue weighted by Crippen LogP contribution is -2.56. The van der Waals surface area contributed by atoms with Crippen LogP contribution in [0.5, 0.6) is 0 Å². The Hall–Kier alpha value is -0.870. The molecule has 2 N–H and O–H groups in total. The molecule has 0 aromatic heterocycles. The second-order valence-electron chi connectivity index (χ2n) is 9.99. The minimum absolute atomic E-state index is 0.0435. The van der Waals surface area contributed by atoms with Gasteiger partial charge in [-0.15, -0.1) is 0 Å². The highest BCUT2D eigenvalue weighted by Crippen LogP contribution is 2.68. The Kier molecular flexibility index (Phi) is 3.70. The van der Waals surface area contributed by atoms with Crippen molar-refractivity contribution in [2.75, 3.05) is 7.05 Å². The topological polar surface area (TPSA) is 58.6 Å². The molecule has 1 saturated heterocycles.